The molecular formula is C21H19N5O2S. The van der Waals surface area contributed by atoms with Crippen LogP contribution in [0, 0.1) is 0 Å². The number of fused-ring (bicyclic) bond motifs is 1. The lowest BCUT2D eigenvalue weighted by Crippen LogP contribution is -2.43. The van der Waals surface area contributed by atoms with Gasteiger partial charge in [-0.15, -0.1) is 11.3 Å². The SMILES string of the molecule is O=C(NCc1nccnc1-c1cccs1)[C@@H]1CCCN1c1nc2ccccc2o1. The number of hydrogen-bond acceptors (Lipinski definition) is 7. The minimum absolute atomic E-state index is 0.0486. The molecule has 0 bridgehead atoms. The van der Waals surface area contributed by atoms with Gasteiger partial charge in [-0.3, -0.25) is 14.8 Å². The molecule has 1 aromatic carbocycles. The van der Waals surface area contributed by atoms with E-state index in [1.54, 1.807) is 23.7 Å². The van der Waals surface area contributed by atoms with Crippen LogP contribution in [0.15, 0.2) is 58.6 Å². The Morgan fingerprint density at radius 2 is 2.10 bits per heavy atom. The quantitative estimate of drug-likeness (QED) is 0.546. The van der Waals surface area contributed by atoms with E-state index in [2.05, 4.69) is 20.3 Å². The maximum Gasteiger partial charge on any atom is 0.299 e. The molecule has 4 aromatic rings. The summed E-state index contributed by atoms with van der Waals surface area (Å²) in [6.45, 7) is 1.08. The van der Waals surface area contributed by atoms with E-state index in [0.29, 0.717) is 12.6 Å². The number of thiophene rings is 1. The van der Waals surface area contributed by atoms with Gasteiger partial charge in [-0.05, 0) is 36.4 Å². The van der Waals surface area contributed by atoms with Gasteiger partial charge in [-0.25, -0.2) is 0 Å². The van der Waals surface area contributed by atoms with Gasteiger partial charge in [0, 0.05) is 18.9 Å². The summed E-state index contributed by atoms with van der Waals surface area (Å²) in [6, 6.07) is 11.8. The fourth-order valence-corrected chi connectivity index (χ4v) is 4.40. The molecule has 1 aliphatic rings. The van der Waals surface area contributed by atoms with Crippen LogP contribution >= 0.6 is 11.3 Å². The largest absolute Gasteiger partial charge is 0.423 e. The van der Waals surface area contributed by atoms with Crippen molar-refractivity contribution in [3.05, 3.63) is 59.9 Å². The van der Waals surface area contributed by atoms with Crippen molar-refractivity contribution in [3.63, 3.8) is 0 Å². The molecule has 1 amide bonds. The predicted molar refractivity (Wildman–Crippen MR) is 112 cm³/mol. The number of amides is 1. The number of carbonyl (C=O) groups is 1. The van der Waals surface area contributed by atoms with Gasteiger partial charge in [0.1, 0.15) is 17.3 Å². The van der Waals surface area contributed by atoms with E-state index in [0.717, 1.165) is 46.8 Å². The molecule has 3 aromatic heterocycles. The first kappa shape index (κ1) is 17.8. The van der Waals surface area contributed by atoms with Crippen LogP contribution in [0.1, 0.15) is 18.5 Å². The van der Waals surface area contributed by atoms with Gasteiger partial charge in [-0.1, -0.05) is 18.2 Å². The van der Waals surface area contributed by atoms with Crippen LogP contribution in [0.3, 0.4) is 0 Å². The average Bonchev–Trinajstić information content (AvgIpc) is 3.51. The van der Waals surface area contributed by atoms with Gasteiger partial charge in [0.25, 0.3) is 6.01 Å². The molecule has 4 heterocycles. The van der Waals surface area contributed by atoms with Crippen molar-refractivity contribution >= 4 is 34.4 Å². The Bertz CT molecular complexity index is 1110. The van der Waals surface area contributed by atoms with Gasteiger partial charge in [0.2, 0.25) is 5.91 Å². The average molecular weight is 405 g/mol. The third-order valence-corrected chi connectivity index (χ3v) is 5.92. The summed E-state index contributed by atoms with van der Waals surface area (Å²) in [6.07, 6.45) is 5.01. The number of oxazole rings is 1. The Morgan fingerprint density at radius 3 is 2.97 bits per heavy atom. The lowest BCUT2D eigenvalue weighted by Gasteiger charge is -2.22. The fourth-order valence-electron chi connectivity index (χ4n) is 3.66. The molecule has 0 radical (unpaired) electrons. The van der Waals surface area contributed by atoms with Crippen LogP contribution in [0.4, 0.5) is 6.01 Å². The number of hydrogen-bond donors (Lipinski definition) is 1. The Labute approximate surface area is 171 Å². The first-order chi connectivity index (χ1) is 14.3. The third kappa shape index (κ3) is 3.47. The second kappa shape index (κ2) is 7.63. The molecular weight excluding hydrogens is 386 g/mol. The molecule has 5 rings (SSSR count). The molecule has 0 saturated carbocycles. The Morgan fingerprint density at radius 1 is 1.21 bits per heavy atom. The smallest absolute Gasteiger partial charge is 0.299 e. The zero-order valence-corrected chi connectivity index (χ0v) is 16.4. The van der Waals surface area contributed by atoms with Gasteiger partial charge >= 0.3 is 0 Å². The summed E-state index contributed by atoms with van der Waals surface area (Å²) in [7, 11) is 0. The Kier molecular flexibility index (Phi) is 4.69. The molecule has 7 nitrogen and oxygen atoms in total. The van der Waals surface area contributed by atoms with Crippen molar-refractivity contribution in [1.29, 1.82) is 0 Å². The topological polar surface area (TPSA) is 84.2 Å². The van der Waals surface area contributed by atoms with Crippen molar-refractivity contribution in [2.45, 2.75) is 25.4 Å². The third-order valence-electron chi connectivity index (χ3n) is 5.04. The zero-order chi connectivity index (χ0) is 19.6. The van der Waals surface area contributed by atoms with Crippen molar-refractivity contribution in [2.24, 2.45) is 0 Å². The first-order valence-electron chi connectivity index (χ1n) is 9.53. The Hall–Kier alpha value is -3.26. The first-order valence-corrected chi connectivity index (χ1v) is 10.4. The van der Waals surface area contributed by atoms with E-state index in [1.165, 1.54) is 0 Å². The van der Waals surface area contributed by atoms with Crippen LogP contribution in [0.2, 0.25) is 0 Å². The molecule has 29 heavy (non-hydrogen) atoms. The number of rotatable bonds is 5. The van der Waals surface area contributed by atoms with E-state index < -0.39 is 0 Å². The number of nitrogens with zero attached hydrogens (tertiary/aromatic N) is 4. The second-order valence-electron chi connectivity index (χ2n) is 6.86. The molecule has 1 aliphatic heterocycles. The number of aromatic nitrogens is 3. The number of anilines is 1. The maximum absolute atomic E-state index is 12.9. The molecule has 8 heteroatoms. The van der Waals surface area contributed by atoms with Crippen molar-refractivity contribution in [2.75, 3.05) is 11.4 Å². The minimum Gasteiger partial charge on any atom is -0.423 e. The summed E-state index contributed by atoms with van der Waals surface area (Å²) in [5, 5.41) is 5.03. The summed E-state index contributed by atoms with van der Waals surface area (Å²) < 4.78 is 5.88. The lowest BCUT2D eigenvalue weighted by atomic mass is 10.2. The number of para-hydroxylation sites is 2. The molecule has 0 unspecified atom stereocenters. The molecule has 1 saturated heterocycles. The van der Waals surface area contributed by atoms with E-state index in [9.17, 15) is 4.79 Å². The minimum atomic E-state index is -0.301. The molecule has 1 N–H and O–H groups in total. The number of carbonyl (C=O) groups excluding carboxylic acids is 1. The van der Waals surface area contributed by atoms with Crippen molar-refractivity contribution in [1.82, 2.24) is 20.3 Å². The number of benzene rings is 1. The maximum atomic E-state index is 12.9. The van der Waals surface area contributed by atoms with Crippen LogP contribution < -0.4 is 10.2 Å². The van der Waals surface area contributed by atoms with Crippen LogP contribution in [-0.2, 0) is 11.3 Å². The highest BCUT2D eigenvalue weighted by atomic mass is 32.1. The lowest BCUT2D eigenvalue weighted by molar-refractivity contribution is -0.122. The summed E-state index contributed by atoms with van der Waals surface area (Å²) in [4.78, 5) is 29.4. The molecule has 146 valence electrons. The monoisotopic (exact) mass is 405 g/mol. The molecule has 1 fully saturated rings. The Balaban J connectivity index is 1.32. The van der Waals surface area contributed by atoms with Crippen LogP contribution in [0.5, 0.6) is 0 Å². The molecule has 1 atom stereocenters. The predicted octanol–water partition coefficient (Wildman–Crippen LogP) is 3.63. The normalized spacial score (nSPS) is 16.4. The van der Waals surface area contributed by atoms with E-state index in [-0.39, 0.29) is 11.9 Å². The summed E-state index contributed by atoms with van der Waals surface area (Å²) in [5.41, 5.74) is 3.10. The van der Waals surface area contributed by atoms with E-state index >= 15 is 0 Å². The fraction of sp³-hybridized carbons (Fsp3) is 0.238. The highest BCUT2D eigenvalue weighted by Crippen LogP contribution is 2.29. The van der Waals surface area contributed by atoms with Crippen molar-refractivity contribution in [3.8, 4) is 10.6 Å². The van der Waals surface area contributed by atoms with E-state index in [4.69, 9.17) is 4.42 Å². The van der Waals surface area contributed by atoms with Gasteiger partial charge in [0.15, 0.2) is 5.58 Å². The highest BCUT2D eigenvalue weighted by molar-refractivity contribution is 7.13. The van der Waals surface area contributed by atoms with Gasteiger partial charge in [0.05, 0.1) is 17.1 Å². The number of nitrogens with one attached hydrogen (secondary N) is 1. The van der Waals surface area contributed by atoms with Gasteiger partial charge < -0.3 is 14.6 Å². The van der Waals surface area contributed by atoms with Crippen LogP contribution in [-0.4, -0.2) is 33.4 Å². The second-order valence-corrected chi connectivity index (χ2v) is 7.81. The van der Waals surface area contributed by atoms with Crippen molar-refractivity contribution < 1.29 is 9.21 Å². The highest BCUT2D eigenvalue weighted by Gasteiger charge is 2.33. The van der Waals surface area contributed by atoms with Gasteiger partial charge in [-0.2, -0.15) is 4.98 Å². The summed E-state index contributed by atoms with van der Waals surface area (Å²) >= 11 is 1.61. The zero-order valence-electron chi connectivity index (χ0n) is 15.6. The standard InChI is InChI=1S/C21H19N5O2S/c27-20(24-13-15-19(23-10-9-22-15)18-8-4-12-29-18)16-6-3-11-26(16)21-25-14-5-1-2-7-17(14)28-21/h1-2,4-5,7-10,12,16H,3,6,11,13H2,(H,24,27)/t16-/m0/s1. The van der Waals surface area contributed by atoms with Crippen LogP contribution in [0.25, 0.3) is 21.7 Å². The van der Waals surface area contributed by atoms with E-state index in [1.807, 2.05) is 46.7 Å². The summed E-state index contributed by atoms with van der Waals surface area (Å²) in [5.74, 6) is -0.0486. The molecule has 0 aliphatic carbocycles. The molecule has 0 spiro atoms.